The van der Waals surface area contributed by atoms with Crippen molar-refractivity contribution in [3.63, 3.8) is 0 Å². The fraction of sp³-hybridized carbons (Fsp3) is 0.867. The number of ether oxygens (including phenoxy) is 1. The Balaban J connectivity index is 1.37. The number of carbonyl (C=O) groups is 1. The number of piperidine rings is 1. The second-order valence-electron chi connectivity index (χ2n) is 13.4. The molecule has 0 aromatic carbocycles. The number of nitriles is 1. The summed E-state index contributed by atoms with van der Waals surface area (Å²) in [5.74, 6) is 3.89. The zero-order valence-corrected chi connectivity index (χ0v) is 24.0. The number of rotatable bonds is 3. The van der Waals surface area contributed by atoms with Crippen LogP contribution in [-0.4, -0.2) is 34.4 Å². The topological polar surface area (TPSA) is 53.3 Å². The van der Waals surface area contributed by atoms with Gasteiger partial charge in [-0.3, -0.25) is 4.79 Å². The molecule has 0 amide bonds. The average Bonchev–Trinajstić information content (AvgIpc) is 3.08. The molecule has 4 aliphatic carbocycles. The van der Waals surface area contributed by atoms with Gasteiger partial charge in [-0.2, -0.15) is 5.26 Å². The lowest BCUT2D eigenvalue weighted by molar-refractivity contribution is -0.148. The van der Waals surface area contributed by atoms with Gasteiger partial charge in [0.25, 0.3) is 0 Å². The summed E-state index contributed by atoms with van der Waals surface area (Å²) in [5.41, 5.74) is 2.18. The van der Waals surface area contributed by atoms with Gasteiger partial charge in [0.2, 0.25) is 0 Å². The van der Waals surface area contributed by atoms with Crippen LogP contribution in [0.2, 0.25) is 0 Å². The fourth-order valence-corrected chi connectivity index (χ4v) is 11.5. The highest BCUT2D eigenvalue weighted by Crippen LogP contribution is 2.68. The number of hydrogen-bond acceptors (Lipinski definition) is 4. The standard InChI is InChI=1S/C30H45BrN2O2/c1-18-6-9-27(33(16-18)17-32)19(2)28-26(31)15-25-23-8-7-21-14-22(35-20(3)34)10-12-29(21,4)24(23)11-13-30(25,28)5/h7,18-19,22-28H,6,8-16H2,1-5H3/t18-,19+,22-,23+,24-,25-,26+,27+,28-,29-,30-/m0/s1. The highest BCUT2D eigenvalue weighted by molar-refractivity contribution is 9.09. The van der Waals surface area contributed by atoms with Crippen molar-refractivity contribution >= 4 is 21.9 Å². The van der Waals surface area contributed by atoms with E-state index < -0.39 is 0 Å². The number of esters is 1. The van der Waals surface area contributed by atoms with Gasteiger partial charge < -0.3 is 9.64 Å². The van der Waals surface area contributed by atoms with Gasteiger partial charge in [0.1, 0.15) is 6.10 Å². The summed E-state index contributed by atoms with van der Waals surface area (Å²) in [6.07, 6.45) is 15.8. The molecule has 1 aliphatic heterocycles. The number of hydrogen-bond donors (Lipinski definition) is 0. The summed E-state index contributed by atoms with van der Waals surface area (Å²) in [6, 6.07) is 0.390. The summed E-state index contributed by atoms with van der Waals surface area (Å²) in [6.45, 7) is 12.3. The molecule has 4 fully saturated rings. The second-order valence-corrected chi connectivity index (χ2v) is 14.6. The van der Waals surface area contributed by atoms with E-state index in [-0.39, 0.29) is 17.5 Å². The van der Waals surface area contributed by atoms with Gasteiger partial charge >= 0.3 is 5.97 Å². The molecule has 11 atom stereocenters. The summed E-state index contributed by atoms with van der Waals surface area (Å²) in [7, 11) is 0. The predicted octanol–water partition coefficient (Wildman–Crippen LogP) is 7.09. The molecule has 3 saturated carbocycles. The van der Waals surface area contributed by atoms with Gasteiger partial charge in [0.15, 0.2) is 6.19 Å². The van der Waals surface area contributed by atoms with Crippen molar-refractivity contribution in [2.45, 2.75) is 109 Å². The van der Waals surface area contributed by atoms with Gasteiger partial charge in [-0.05, 0) is 97.7 Å². The zero-order chi connectivity index (χ0) is 25.1. The summed E-state index contributed by atoms with van der Waals surface area (Å²) in [5, 5.41) is 9.92. The van der Waals surface area contributed by atoms with Crippen LogP contribution in [0, 0.1) is 57.8 Å². The minimum atomic E-state index is -0.141. The normalized spacial score (nSPS) is 48.0. The third kappa shape index (κ3) is 4.18. The summed E-state index contributed by atoms with van der Waals surface area (Å²) < 4.78 is 5.63. The molecule has 4 nitrogen and oxygen atoms in total. The summed E-state index contributed by atoms with van der Waals surface area (Å²) in [4.78, 5) is 14.2. The minimum absolute atomic E-state index is 0.0714. The van der Waals surface area contributed by atoms with Crippen molar-refractivity contribution in [3.05, 3.63) is 11.6 Å². The monoisotopic (exact) mass is 544 g/mol. The van der Waals surface area contributed by atoms with Gasteiger partial charge in [-0.25, -0.2) is 0 Å². The summed E-state index contributed by atoms with van der Waals surface area (Å²) >= 11 is 4.22. The number of likely N-dealkylation sites (tertiary alicyclic amines) is 1. The Hall–Kier alpha value is -1.02. The van der Waals surface area contributed by atoms with E-state index in [9.17, 15) is 10.1 Å². The van der Waals surface area contributed by atoms with Crippen LogP contribution < -0.4 is 0 Å². The molecule has 1 heterocycles. The maximum atomic E-state index is 11.6. The third-order valence-electron chi connectivity index (χ3n) is 11.6. The molecule has 35 heavy (non-hydrogen) atoms. The Bertz CT molecular complexity index is 913. The first-order chi connectivity index (χ1) is 16.6. The first-order valence-corrected chi connectivity index (χ1v) is 15.2. The zero-order valence-electron chi connectivity index (χ0n) is 22.4. The molecule has 0 aromatic heterocycles. The van der Waals surface area contributed by atoms with Gasteiger partial charge in [0, 0.05) is 30.8 Å². The van der Waals surface area contributed by atoms with Crippen LogP contribution in [0.25, 0.3) is 0 Å². The van der Waals surface area contributed by atoms with Crippen LogP contribution in [-0.2, 0) is 9.53 Å². The van der Waals surface area contributed by atoms with E-state index in [1.165, 1.54) is 32.1 Å². The van der Waals surface area contributed by atoms with Crippen molar-refractivity contribution in [1.29, 1.82) is 5.26 Å². The number of carbonyl (C=O) groups excluding carboxylic acids is 1. The van der Waals surface area contributed by atoms with E-state index in [1.54, 1.807) is 12.5 Å². The lowest BCUT2D eigenvalue weighted by Crippen LogP contribution is -2.53. The van der Waals surface area contributed by atoms with Gasteiger partial charge in [0.05, 0.1) is 0 Å². The number of allylic oxidation sites excluding steroid dienone is 1. The predicted molar refractivity (Wildman–Crippen MR) is 143 cm³/mol. The highest BCUT2D eigenvalue weighted by atomic mass is 79.9. The van der Waals surface area contributed by atoms with Gasteiger partial charge in [-0.15, -0.1) is 0 Å². The van der Waals surface area contributed by atoms with E-state index in [2.05, 4.69) is 60.8 Å². The van der Waals surface area contributed by atoms with Crippen molar-refractivity contribution < 1.29 is 9.53 Å². The maximum absolute atomic E-state index is 11.6. The van der Waals surface area contributed by atoms with E-state index in [0.29, 0.717) is 34.0 Å². The number of fused-ring (bicyclic) bond motifs is 5. The molecule has 0 aromatic rings. The molecule has 0 bridgehead atoms. The SMILES string of the molecule is CC(=O)O[C@H]1CC[C@@]2(C)C(=CC[C@H]3[C@@H]4C[C@@H](Br)[C@H]([C@H](C)[C@H]5CC[C@H](C)CN5C#N)[C@@]4(C)CC[C@@H]32)C1. The Morgan fingerprint density at radius 1 is 1.23 bits per heavy atom. The molecule has 0 N–H and O–H groups in total. The van der Waals surface area contributed by atoms with Crippen LogP contribution in [0.5, 0.6) is 0 Å². The molecule has 5 rings (SSSR count). The first-order valence-electron chi connectivity index (χ1n) is 14.3. The molecule has 5 heteroatoms. The van der Waals surface area contributed by atoms with E-state index in [4.69, 9.17) is 4.74 Å². The van der Waals surface area contributed by atoms with Crippen LogP contribution in [0.15, 0.2) is 11.6 Å². The van der Waals surface area contributed by atoms with Crippen molar-refractivity contribution in [3.8, 4) is 6.19 Å². The van der Waals surface area contributed by atoms with E-state index in [0.717, 1.165) is 50.0 Å². The quantitative estimate of drug-likeness (QED) is 0.165. The van der Waals surface area contributed by atoms with E-state index in [1.807, 2.05) is 0 Å². The minimum Gasteiger partial charge on any atom is -0.462 e. The number of nitrogens with zero attached hydrogens (tertiary/aromatic N) is 2. The Labute approximate surface area is 221 Å². The molecule has 0 unspecified atom stereocenters. The lowest BCUT2D eigenvalue weighted by atomic mass is 9.47. The highest BCUT2D eigenvalue weighted by Gasteiger charge is 2.62. The molecule has 0 radical (unpaired) electrons. The molecule has 194 valence electrons. The van der Waals surface area contributed by atoms with Crippen molar-refractivity contribution in [1.82, 2.24) is 4.90 Å². The average molecular weight is 546 g/mol. The molecular weight excluding hydrogens is 500 g/mol. The molecular formula is C30H45BrN2O2. The Kier molecular flexibility index (Phi) is 6.86. The Morgan fingerprint density at radius 3 is 2.71 bits per heavy atom. The van der Waals surface area contributed by atoms with Gasteiger partial charge in [-0.1, -0.05) is 55.3 Å². The fourth-order valence-electron chi connectivity index (χ4n) is 9.98. The van der Waals surface area contributed by atoms with Crippen molar-refractivity contribution in [2.24, 2.45) is 46.3 Å². The van der Waals surface area contributed by atoms with Crippen LogP contribution in [0.4, 0.5) is 0 Å². The van der Waals surface area contributed by atoms with Crippen LogP contribution in [0.3, 0.4) is 0 Å². The molecule has 5 aliphatic rings. The first kappa shape index (κ1) is 25.6. The lowest BCUT2D eigenvalue weighted by Gasteiger charge is -2.58. The van der Waals surface area contributed by atoms with Crippen molar-refractivity contribution in [2.75, 3.05) is 6.54 Å². The van der Waals surface area contributed by atoms with E-state index >= 15 is 0 Å². The third-order valence-corrected chi connectivity index (χ3v) is 12.6. The largest absolute Gasteiger partial charge is 0.462 e. The molecule has 0 spiro atoms. The maximum Gasteiger partial charge on any atom is 0.302 e. The number of alkyl halides is 1. The Morgan fingerprint density at radius 2 is 2.00 bits per heavy atom. The smallest absolute Gasteiger partial charge is 0.302 e. The number of halogens is 1. The van der Waals surface area contributed by atoms with Crippen LogP contribution >= 0.6 is 15.9 Å². The second kappa shape index (κ2) is 9.38. The van der Waals surface area contributed by atoms with Crippen LogP contribution in [0.1, 0.15) is 92.4 Å². The molecule has 1 saturated heterocycles.